The van der Waals surface area contributed by atoms with Gasteiger partial charge in [0.15, 0.2) is 0 Å². The van der Waals surface area contributed by atoms with E-state index in [2.05, 4.69) is 55.6 Å². The zero-order valence-corrected chi connectivity index (χ0v) is 15.4. The van der Waals surface area contributed by atoms with Crippen LogP contribution in [0.4, 0.5) is 0 Å². The summed E-state index contributed by atoms with van der Waals surface area (Å²) in [5.41, 5.74) is 8.99. The molecule has 2 nitrogen and oxygen atoms in total. The molecule has 0 heterocycles. The second-order valence-corrected chi connectivity index (χ2v) is 5.50. The molecule has 2 aromatic rings. The van der Waals surface area contributed by atoms with Crippen molar-refractivity contribution in [2.45, 2.75) is 44.8 Å². The summed E-state index contributed by atoms with van der Waals surface area (Å²) in [7, 11) is 0. The lowest BCUT2D eigenvalue weighted by atomic mass is 9.93. The molecule has 128 valence electrons. The Labute approximate surface area is 152 Å². The van der Waals surface area contributed by atoms with Crippen LogP contribution in [0.1, 0.15) is 49.9 Å². The summed E-state index contributed by atoms with van der Waals surface area (Å²) < 4.78 is 0. The summed E-state index contributed by atoms with van der Waals surface area (Å²) in [5.74, 6) is 0. The molecule has 0 saturated heterocycles. The average molecular weight is 355 g/mol. The van der Waals surface area contributed by atoms with Crippen molar-refractivity contribution in [3.8, 4) is 0 Å². The van der Waals surface area contributed by atoms with Gasteiger partial charge in [0.25, 0.3) is 0 Å². The lowest BCUT2D eigenvalue weighted by Crippen LogP contribution is -2.38. The molecule has 0 spiro atoms. The van der Waals surface area contributed by atoms with Crippen LogP contribution in [0, 0.1) is 0 Å². The van der Waals surface area contributed by atoms with E-state index in [-0.39, 0.29) is 36.9 Å². The van der Waals surface area contributed by atoms with Crippen molar-refractivity contribution in [3.63, 3.8) is 0 Å². The molecule has 2 atom stereocenters. The number of hydrogen-bond donors (Lipinski definition) is 2. The van der Waals surface area contributed by atoms with E-state index < -0.39 is 0 Å². The smallest absolute Gasteiger partial charge is 0.0518 e. The van der Waals surface area contributed by atoms with Crippen LogP contribution in [-0.2, 0) is 0 Å². The number of halogens is 2. The maximum Gasteiger partial charge on any atom is 0.0518 e. The van der Waals surface area contributed by atoms with E-state index in [4.69, 9.17) is 5.73 Å². The van der Waals surface area contributed by atoms with Crippen LogP contribution in [0.2, 0.25) is 0 Å². The minimum atomic E-state index is -0.0470. The zero-order valence-electron chi connectivity index (χ0n) is 13.8. The molecule has 0 unspecified atom stereocenters. The van der Waals surface area contributed by atoms with Crippen molar-refractivity contribution in [3.05, 3.63) is 71.8 Å². The van der Waals surface area contributed by atoms with Gasteiger partial charge in [-0.15, -0.1) is 24.8 Å². The average Bonchev–Trinajstić information content (AvgIpc) is 2.57. The Morgan fingerprint density at radius 3 is 1.65 bits per heavy atom. The number of nitrogens with one attached hydrogen (secondary N) is 1. The van der Waals surface area contributed by atoms with E-state index in [0.29, 0.717) is 6.04 Å². The highest BCUT2D eigenvalue weighted by Crippen LogP contribution is 2.27. The highest BCUT2D eigenvalue weighted by molar-refractivity contribution is 5.85. The maximum absolute atomic E-state index is 6.57. The second kappa shape index (κ2) is 11.5. The van der Waals surface area contributed by atoms with Crippen molar-refractivity contribution in [2.75, 3.05) is 0 Å². The first-order chi connectivity index (χ1) is 10.3. The van der Waals surface area contributed by atoms with E-state index in [1.807, 2.05) is 24.3 Å². The van der Waals surface area contributed by atoms with Gasteiger partial charge in [0, 0.05) is 12.1 Å². The lowest BCUT2D eigenvalue weighted by Gasteiger charge is -2.30. The van der Waals surface area contributed by atoms with E-state index >= 15 is 0 Å². The molecule has 0 aromatic heterocycles. The van der Waals surface area contributed by atoms with Gasteiger partial charge in [-0.3, -0.25) is 0 Å². The Hall–Kier alpha value is -1.06. The summed E-state index contributed by atoms with van der Waals surface area (Å²) in [6, 6.07) is 21.4. The second-order valence-electron chi connectivity index (χ2n) is 5.50. The van der Waals surface area contributed by atoms with Gasteiger partial charge in [-0.25, -0.2) is 0 Å². The topological polar surface area (TPSA) is 38.0 Å². The molecular weight excluding hydrogens is 327 g/mol. The minimum Gasteiger partial charge on any atom is -0.322 e. The number of rotatable bonds is 7. The first-order valence-electron chi connectivity index (χ1n) is 7.87. The fourth-order valence-corrected chi connectivity index (χ4v) is 2.71. The third-order valence-corrected chi connectivity index (χ3v) is 4.10. The summed E-state index contributed by atoms with van der Waals surface area (Å²) in [6.07, 6.45) is 2.22. The Bertz CT molecular complexity index is 515. The van der Waals surface area contributed by atoms with Crippen molar-refractivity contribution in [1.82, 2.24) is 5.32 Å². The third kappa shape index (κ3) is 6.15. The van der Waals surface area contributed by atoms with Crippen molar-refractivity contribution >= 4 is 24.8 Å². The molecule has 2 aromatic carbocycles. The van der Waals surface area contributed by atoms with Crippen LogP contribution in [0.15, 0.2) is 60.7 Å². The lowest BCUT2D eigenvalue weighted by molar-refractivity contribution is 0.372. The summed E-state index contributed by atoms with van der Waals surface area (Å²) in [5, 5.41) is 3.74. The van der Waals surface area contributed by atoms with Crippen LogP contribution >= 0.6 is 24.8 Å². The van der Waals surface area contributed by atoms with E-state index in [0.717, 1.165) is 12.8 Å². The van der Waals surface area contributed by atoms with Gasteiger partial charge in [0.2, 0.25) is 0 Å². The fraction of sp³-hybridized carbons (Fsp3) is 0.368. The van der Waals surface area contributed by atoms with Crippen molar-refractivity contribution in [2.24, 2.45) is 5.73 Å². The normalized spacial score (nSPS) is 12.9. The number of hydrogen-bond acceptors (Lipinski definition) is 2. The molecule has 0 bridgehead atoms. The fourth-order valence-electron chi connectivity index (χ4n) is 2.71. The Balaban J connectivity index is 0.00000242. The van der Waals surface area contributed by atoms with Gasteiger partial charge < -0.3 is 11.1 Å². The molecule has 4 heteroatoms. The van der Waals surface area contributed by atoms with Crippen molar-refractivity contribution in [1.29, 1.82) is 0 Å². The Kier molecular flexibility index (Phi) is 10.9. The van der Waals surface area contributed by atoms with E-state index in [1.165, 1.54) is 11.1 Å². The quantitative estimate of drug-likeness (QED) is 0.729. The van der Waals surface area contributed by atoms with Crippen LogP contribution in [-0.4, -0.2) is 6.04 Å². The predicted molar refractivity (Wildman–Crippen MR) is 105 cm³/mol. The summed E-state index contributed by atoms with van der Waals surface area (Å²) in [6.45, 7) is 4.44. The number of nitrogens with two attached hydrogens (primary N) is 1. The van der Waals surface area contributed by atoms with Crippen LogP contribution in [0.3, 0.4) is 0 Å². The molecule has 0 saturated carbocycles. The minimum absolute atomic E-state index is 0. The molecule has 0 amide bonds. The summed E-state index contributed by atoms with van der Waals surface area (Å²) in [4.78, 5) is 0. The molecule has 23 heavy (non-hydrogen) atoms. The summed E-state index contributed by atoms with van der Waals surface area (Å²) >= 11 is 0. The first-order valence-corrected chi connectivity index (χ1v) is 7.87. The zero-order chi connectivity index (χ0) is 15.1. The molecule has 2 rings (SSSR count). The molecule has 0 aliphatic rings. The molecular formula is C19H28Cl2N2. The first kappa shape index (κ1) is 21.9. The molecule has 0 fully saturated rings. The van der Waals surface area contributed by atoms with Gasteiger partial charge in [-0.2, -0.15) is 0 Å². The highest BCUT2D eigenvalue weighted by atomic mass is 35.5. The molecule has 0 radical (unpaired) electrons. The van der Waals surface area contributed by atoms with Crippen LogP contribution in [0.5, 0.6) is 0 Å². The maximum atomic E-state index is 6.57. The van der Waals surface area contributed by atoms with Gasteiger partial charge in [0.05, 0.1) is 6.04 Å². The predicted octanol–water partition coefficient (Wildman–Crippen LogP) is 5.05. The monoisotopic (exact) mass is 354 g/mol. The standard InChI is InChI=1S/C19H26N2.2ClH/c1-3-17(4-2)21-19(16-13-9-6-10-14-16)18(20)15-11-7-5-8-12-15;;/h5-14,17-19,21H,3-4,20H2,1-2H3;2*1H/t18-,19-;;/m1../s1. The molecule has 3 N–H and O–H groups in total. The van der Waals surface area contributed by atoms with E-state index in [9.17, 15) is 0 Å². The largest absolute Gasteiger partial charge is 0.322 e. The van der Waals surface area contributed by atoms with Gasteiger partial charge >= 0.3 is 0 Å². The third-order valence-electron chi connectivity index (χ3n) is 4.10. The van der Waals surface area contributed by atoms with Crippen LogP contribution < -0.4 is 11.1 Å². The number of benzene rings is 2. The SMILES string of the molecule is CCC(CC)N[C@H](c1ccccc1)[C@H](N)c1ccccc1.Cl.Cl. The van der Waals surface area contributed by atoms with Gasteiger partial charge in [-0.1, -0.05) is 74.5 Å². The van der Waals surface area contributed by atoms with Gasteiger partial charge in [-0.05, 0) is 24.0 Å². The van der Waals surface area contributed by atoms with Crippen molar-refractivity contribution < 1.29 is 0 Å². The Morgan fingerprint density at radius 2 is 1.22 bits per heavy atom. The molecule has 0 aliphatic carbocycles. The Morgan fingerprint density at radius 1 is 0.783 bits per heavy atom. The highest BCUT2D eigenvalue weighted by Gasteiger charge is 2.23. The van der Waals surface area contributed by atoms with Crippen LogP contribution in [0.25, 0.3) is 0 Å². The molecule has 0 aliphatic heterocycles. The van der Waals surface area contributed by atoms with Gasteiger partial charge in [0.1, 0.15) is 0 Å². The van der Waals surface area contributed by atoms with E-state index in [1.54, 1.807) is 0 Å².